The average Bonchev–Trinajstić information content (AvgIpc) is 3.27. The molecule has 34 heavy (non-hydrogen) atoms. The number of para-hydroxylation sites is 1. The van der Waals surface area contributed by atoms with E-state index in [2.05, 4.69) is 4.98 Å². The molecular weight excluding hydrogens is 448 g/mol. The largest absolute Gasteiger partial charge is 0.416 e. The Bertz CT molecular complexity index is 1200. The van der Waals surface area contributed by atoms with E-state index in [0.717, 1.165) is 11.9 Å². The predicted octanol–water partition coefficient (Wildman–Crippen LogP) is 4.73. The third-order valence-electron chi connectivity index (χ3n) is 6.66. The Kier molecular flexibility index (Phi) is 5.79. The number of aromatic nitrogens is 2. The van der Waals surface area contributed by atoms with Crippen LogP contribution in [0.4, 0.5) is 23.2 Å². The summed E-state index contributed by atoms with van der Waals surface area (Å²) in [4.78, 5) is 21.2. The second-order valence-electron chi connectivity index (χ2n) is 8.78. The number of benzene rings is 2. The Hall–Kier alpha value is -3.36. The van der Waals surface area contributed by atoms with Crippen molar-refractivity contribution >= 4 is 11.6 Å². The molecule has 0 bridgehead atoms. The number of amides is 1. The van der Waals surface area contributed by atoms with Crippen molar-refractivity contribution in [1.29, 1.82) is 0 Å². The lowest BCUT2D eigenvalue weighted by Crippen LogP contribution is -2.49. The number of hydrogen-bond donors (Lipinski definition) is 0. The first-order valence-corrected chi connectivity index (χ1v) is 11.3. The van der Waals surface area contributed by atoms with Crippen LogP contribution in [0, 0.1) is 5.82 Å². The third kappa shape index (κ3) is 4.38. The average molecular weight is 472 g/mol. The zero-order chi connectivity index (χ0) is 23.9. The molecule has 1 aromatic heterocycles. The van der Waals surface area contributed by atoms with E-state index in [9.17, 15) is 22.4 Å². The van der Waals surface area contributed by atoms with Gasteiger partial charge in [0.1, 0.15) is 17.3 Å². The van der Waals surface area contributed by atoms with Gasteiger partial charge in [0.05, 0.1) is 11.3 Å². The number of alkyl halides is 3. The summed E-state index contributed by atoms with van der Waals surface area (Å²) < 4.78 is 55.3. The summed E-state index contributed by atoms with van der Waals surface area (Å²) in [5.74, 6) is 0.248. The van der Waals surface area contributed by atoms with Crippen LogP contribution in [0.25, 0.3) is 0 Å². The fraction of sp³-hybridized carbons (Fsp3) is 0.360. The van der Waals surface area contributed by atoms with E-state index >= 15 is 0 Å². The van der Waals surface area contributed by atoms with Gasteiger partial charge in [0.25, 0.3) is 5.91 Å². The highest BCUT2D eigenvalue weighted by molar-refractivity contribution is 5.92. The van der Waals surface area contributed by atoms with Crippen molar-refractivity contribution in [3.8, 4) is 0 Å². The van der Waals surface area contributed by atoms with Crippen molar-refractivity contribution in [2.24, 2.45) is 0 Å². The van der Waals surface area contributed by atoms with Crippen molar-refractivity contribution in [1.82, 2.24) is 14.5 Å². The molecule has 0 aliphatic carbocycles. The molecule has 5 nitrogen and oxygen atoms in total. The van der Waals surface area contributed by atoms with Crippen molar-refractivity contribution in [3.63, 3.8) is 0 Å². The van der Waals surface area contributed by atoms with Gasteiger partial charge >= 0.3 is 6.18 Å². The molecule has 0 N–H and O–H groups in total. The number of imidazole rings is 1. The van der Waals surface area contributed by atoms with E-state index in [1.807, 2.05) is 9.47 Å². The first kappa shape index (κ1) is 22.4. The smallest absolute Gasteiger partial charge is 0.366 e. The fourth-order valence-corrected chi connectivity index (χ4v) is 4.81. The molecule has 9 heteroatoms. The number of fused-ring (bicyclic) bond motifs is 1. The zero-order valence-corrected chi connectivity index (χ0v) is 18.4. The fourth-order valence-electron chi connectivity index (χ4n) is 4.81. The Morgan fingerprint density at radius 1 is 1.00 bits per heavy atom. The Labute approximate surface area is 194 Å². The lowest BCUT2D eigenvalue weighted by Gasteiger charge is -2.35. The highest BCUT2D eigenvalue weighted by Gasteiger charge is 2.32. The van der Waals surface area contributed by atoms with E-state index in [1.54, 1.807) is 35.4 Å². The number of anilines is 1. The van der Waals surface area contributed by atoms with Crippen LogP contribution in [0.5, 0.6) is 0 Å². The zero-order valence-electron chi connectivity index (χ0n) is 18.4. The molecule has 1 saturated heterocycles. The van der Waals surface area contributed by atoms with Gasteiger partial charge in [-0.1, -0.05) is 30.3 Å². The number of rotatable bonds is 3. The maximum atomic E-state index is 14.1. The number of hydrogen-bond acceptors (Lipinski definition) is 3. The molecule has 1 atom stereocenters. The van der Waals surface area contributed by atoms with Gasteiger partial charge in [-0.25, -0.2) is 9.37 Å². The second-order valence-corrected chi connectivity index (χ2v) is 8.78. The Morgan fingerprint density at radius 3 is 2.50 bits per heavy atom. The number of piperazine rings is 1. The molecule has 178 valence electrons. The SMILES string of the molecule is O=C(c1cn2c(n1)CCC(c1cccc(C(F)(F)F)c1)C2)N1CCN(c2ccccc2F)CC1. The molecule has 1 fully saturated rings. The minimum atomic E-state index is -4.37. The van der Waals surface area contributed by atoms with E-state index in [4.69, 9.17) is 0 Å². The number of carbonyl (C=O) groups excluding carboxylic acids is 1. The predicted molar refractivity (Wildman–Crippen MR) is 119 cm³/mol. The molecule has 1 unspecified atom stereocenters. The second kappa shape index (κ2) is 8.77. The summed E-state index contributed by atoms with van der Waals surface area (Å²) in [5.41, 5.74) is 0.880. The van der Waals surface area contributed by atoms with Gasteiger partial charge < -0.3 is 14.4 Å². The molecule has 3 heterocycles. The number of carbonyl (C=O) groups is 1. The summed E-state index contributed by atoms with van der Waals surface area (Å²) >= 11 is 0. The maximum Gasteiger partial charge on any atom is 0.416 e. The quantitative estimate of drug-likeness (QED) is 0.518. The molecule has 0 saturated carbocycles. The van der Waals surface area contributed by atoms with E-state index in [-0.39, 0.29) is 17.6 Å². The normalized spacial score (nSPS) is 18.6. The number of nitrogens with zero attached hydrogens (tertiary/aromatic N) is 4. The first-order valence-electron chi connectivity index (χ1n) is 11.3. The summed E-state index contributed by atoms with van der Waals surface area (Å²) in [6.45, 7) is 2.46. The minimum absolute atomic E-state index is 0.0729. The molecule has 2 aliphatic heterocycles. The molecule has 1 amide bonds. The van der Waals surface area contributed by atoms with Crippen LogP contribution in [0.1, 0.15) is 39.8 Å². The molecule has 2 aromatic carbocycles. The van der Waals surface area contributed by atoms with Gasteiger partial charge in [0.15, 0.2) is 0 Å². The standard InChI is InChI=1S/C25H24F4N4O/c26-20-6-1-2-7-22(20)31-10-12-32(13-11-31)24(34)21-16-33-15-18(8-9-23(33)30-21)17-4-3-5-19(14-17)25(27,28)29/h1-7,14,16,18H,8-13,15H2. The van der Waals surface area contributed by atoms with E-state index < -0.39 is 11.7 Å². The maximum absolute atomic E-state index is 14.1. The van der Waals surface area contributed by atoms with Crippen molar-refractivity contribution in [3.05, 3.63) is 83.2 Å². The van der Waals surface area contributed by atoms with Crippen LogP contribution in [0.2, 0.25) is 0 Å². The number of aryl methyl sites for hydroxylation is 1. The number of halogens is 4. The van der Waals surface area contributed by atoms with Crippen LogP contribution in [-0.4, -0.2) is 46.5 Å². The summed E-state index contributed by atoms with van der Waals surface area (Å²) in [7, 11) is 0. The van der Waals surface area contributed by atoms with Crippen molar-refractivity contribution in [2.75, 3.05) is 31.1 Å². The van der Waals surface area contributed by atoms with Gasteiger partial charge in [0.2, 0.25) is 0 Å². The van der Waals surface area contributed by atoms with Crippen LogP contribution in [-0.2, 0) is 19.1 Å². The van der Waals surface area contributed by atoms with Crippen LogP contribution >= 0.6 is 0 Å². The highest BCUT2D eigenvalue weighted by atomic mass is 19.4. The van der Waals surface area contributed by atoms with Gasteiger partial charge in [-0.05, 0) is 30.2 Å². The highest BCUT2D eigenvalue weighted by Crippen LogP contribution is 2.34. The minimum Gasteiger partial charge on any atom is -0.366 e. The van der Waals surface area contributed by atoms with E-state index in [1.165, 1.54) is 18.2 Å². The van der Waals surface area contributed by atoms with Gasteiger partial charge in [-0.2, -0.15) is 13.2 Å². The third-order valence-corrected chi connectivity index (χ3v) is 6.66. The summed E-state index contributed by atoms with van der Waals surface area (Å²) in [5, 5.41) is 0. The van der Waals surface area contributed by atoms with Crippen molar-refractivity contribution in [2.45, 2.75) is 31.5 Å². The first-order chi connectivity index (χ1) is 16.3. The van der Waals surface area contributed by atoms with Gasteiger partial charge in [-0.3, -0.25) is 4.79 Å². The lowest BCUT2D eigenvalue weighted by molar-refractivity contribution is -0.137. The van der Waals surface area contributed by atoms with Gasteiger partial charge in [0, 0.05) is 51.3 Å². The molecule has 0 spiro atoms. The Morgan fingerprint density at radius 2 is 1.76 bits per heavy atom. The topological polar surface area (TPSA) is 41.4 Å². The monoisotopic (exact) mass is 472 g/mol. The summed E-state index contributed by atoms with van der Waals surface area (Å²) in [6, 6.07) is 12.1. The van der Waals surface area contributed by atoms with Crippen molar-refractivity contribution < 1.29 is 22.4 Å². The Balaban J connectivity index is 1.25. The molecule has 3 aromatic rings. The summed E-state index contributed by atoms with van der Waals surface area (Å²) in [6.07, 6.45) is -1.40. The molecule has 0 radical (unpaired) electrons. The van der Waals surface area contributed by atoms with Crippen LogP contribution in [0.15, 0.2) is 54.7 Å². The van der Waals surface area contributed by atoms with Crippen LogP contribution in [0.3, 0.4) is 0 Å². The van der Waals surface area contributed by atoms with Gasteiger partial charge in [-0.15, -0.1) is 0 Å². The van der Waals surface area contributed by atoms with Crippen LogP contribution < -0.4 is 4.90 Å². The molecule has 5 rings (SSSR count). The lowest BCUT2D eigenvalue weighted by atomic mass is 9.90. The molecule has 2 aliphatic rings. The van der Waals surface area contributed by atoms with E-state index in [0.29, 0.717) is 62.5 Å². The molecular formula is C25H24F4N4O.